The maximum Gasteiger partial charge on any atom is 0.471 e. The number of alkyl halides is 3. The quantitative estimate of drug-likeness (QED) is 0.837. The van der Waals surface area contributed by atoms with E-state index >= 15 is 0 Å². The fourth-order valence-electron chi connectivity index (χ4n) is 1.44. The summed E-state index contributed by atoms with van der Waals surface area (Å²) in [5, 5.41) is 9.93. The first-order valence-corrected chi connectivity index (χ1v) is 5.15. The number of rotatable bonds is 4. The SMILES string of the molecule is O=C(O)C[C@H](NC(=O)C(F)(F)F)c1ccc(F)cc1F. The maximum absolute atomic E-state index is 13.4. The largest absolute Gasteiger partial charge is 0.481 e. The third-order valence-corrected chi connectivity index (χ3v) is 2.28. The highest BCUT2D eigenvalue weighted by Gasteiger charge is 2.40. The molecule has 0 heterocycles. The normalized spacial score (nSPS) is 12.8. The molecule has 0 aliphatic carbocycles. The highest BCUT2D eigenvalue weighted by molar-refractivity contribution is 5.82. The summed E-state index contributed by atoms with van der Waals surface area (Å²) < 4.78 is 62.5. The molecule has 0 bridgehead atoms. The molecule has 0 radical (unpaired) electrons. The summed E-state index contributed by atoms with van der Waals surface area (Å²) in [6.45, 7) is 0. The molecule has 1 atom stereocenters. The number of amides is 1. The van der Waals surface area contributed by atoms with Crippen LogP contribution in [0.4, 0.5) is 22.0 Å². The van der Waals surface area contributed by atoms with Crippen LogP contribution in [0.5, 0.6) is 0 Å². The second kappa shape index (κ2) is 5.85. The summed E-state index contributed by atoms with van der Waals surface area (Å²) in [4.78, 5) is 21.3. The standard InChI is InChI=1S/C11H8F5NO3/c12-5-1-2-6(7(13)3-5)8(4-9(18)19)17-10(20)11(14,15)16/h1-3,8H,4H2,(H,17,20)(H,18,19)/t8-/m0/s1. The molecule has 1 rings (SSSR count). The Morgan fingerprint density at radius 2 is 1.85 bits per heavy atom. The molecule has 1 aromatic rings. The highest BCUT2D eigenvalue weighted by Crippen LogP contribution is 2.23. The molecule has 0 saturated carbocycles. The van der Waals surface area contributed by atoms with E-state index in [1.54, 1.807) is 0 Å². The third-order valence-electron chi connectivity index (χ3n) is 2.28. The van der Waals surface area contributed by atoms with Crippen LogP contribution in [-0.4, -0.2) is 23.2 Å². The van der Waals surface area contributed by atoms with E-state index in [9.17, 15) is 31.5 Å². The van der Waals surface area contributed by atoms with Gasteiger partial charge >= 0.3 is 18.1 Å². The Hall–Kier alpha value is -2.19. The average Bonchev–Trinajstić information content (AvgIpc) is 2.26. The topological polar surface area (TPSA) is 66.4 Å². The summed E-state index contributed by atoms with van der Waals surface area (Å²) in [7, 11) is 0. The lowest BCUT2D eigenvalue weighted by Crippen LogP contribution is -2.40. The number of hydrogen-bond acceptors (Lipinski definition) is 2. The third kappa shape index (κ3) is 4.18. The van der Waals surface area contributed by atoms with Gasteiger partial charge in [-0.1, -0.05) is 6.07 Å². The molecular weight excluding hydrogens is 289 g/mol. The summed E-state index contributed by atoms with van der Waals surface area (Å²) in [6.07, 6.45) is -6.22. The minimum Gasteiger partial charge on any atom is -0.481 e. The zero-order valence-electron chi connectivity index (χ0n) is 9.67. The van der Waals surface area contributed by atoms with Gasteiger partial charge in [0.2, 0.25) is 0 Å². The first kappa shape index (κ1) is 15.9. The Kier molecular flexibility index (Phi) is 4.64. The van der Waals surface area contributed by atoms with Gasteiger partial charge in [0, 0.05) is 11.6 Å². The lowest BCUT2D eigenvalue weighted by Gasteiger charge is -2.19. The number of carboxylic acids is 1. The molecule has 4 nitrogen and oxygen atoms in total. The number of benzene rings is 1. The molecule has 2 N–H and O–H groups in total. The van der Waals surface area contributed by atoms with Crippen LogP contribution >= 0.6 is 0 Å². The molecule has 0 aliphatic rings. The fraction of sp³-hybridized carbons (Fsp3) is 0.273. The van der Waals surface area contributed by atoms with Gasteiger partial charge < -0.3 is 10.4 Å². The van der Waals surface area contributed by atoms with Crippen molar-refractivity contribution in [2.75, 3.05) is 0 Å². The van der Waals surface area contributed by atoms with Gasteiger partial charge in [-0.05, 0) is 6.07 Å². The molecule has 9 heteroatoms. The number of nitrogens with one attached hydrogen (secondary N) is 1. The predicted molar refractivity (Wildman–Crippen MR) is 55.5 cm³/mol. The van der Waals surface area contributed by atoms with E-state index in [1.165, 1.54) is 5.32 Å². The van der Waals surface area contributed by atoms with Gasteiger partial charge in [-0.15, -0.1) is 0 Å². The van der Waals surface area contributed by atoms with Crippen molar-refractivity contribution in [3.05, 3.63) is 35.4 Å². The van der Waals surface area contributed by atoms with Crippen molar-refractivity contribution in [2.45, 2.75) is 18.6 Å². The number of carbonyl (C=O) groups excluding carboxylic acids is 1. The van der Waals surface area contributed by atoms with Crippen LogP contribution in [0, 0.1) is 11.6 Å². The number of halogens is 5. The molecular formula is C11H8F5NO3. The molecule has 0 fully saturated rings. The van der Waals surface area contributed by atoms with Gasteiger partial charge in [-0.25, -0.2) is 8.78 Å². The number of carboxylic acid groups (broad SMARTS) is 1. The molecule has 0 saturated heterocycles. The smallest absolute Gasteiger partial charge is 0.471 e. The Labute approximate surface area is 109 Å². The van der Waals surface area contributed by atoms with E-state index in [1.807, 2.05) is 0 Å². The van der Waals surface area contributed by atoms with Crippen LogP contribution < -0.4 is 5.32 Å². The van der Waals surface area contributed by atoms with Crippen molar-refractivity contribution >= 4 is 11.9 Å². The van der Waals surface area contributed by atoms with E-state index in [-0.39, 0.29) is 0 Å². The zero-order chi connectivity index (χ0) is 15.5. The van der Waals surface area contributed by atoms with Crippen LogP contribution in [0.15, 0.2) is 18.2 Å². The summed E-state index contributed by atoms with van der Waals surface area (Å²) in [5.74, 6) is -6.20. The van der Waals surface area contributed by atoms with Crippen molar-refractivity contribution in [2.24, 2.45) is 0 Å². The Balaban J connectivity index is 3.06. The molecule has 0 spiro atoms. The fourth-order valence-corrected chi connectivity index (χ4v) is 1.44. The van der Waals surface area contributed by atoms with Crippen molar-refractivity contribution in [1.29, 1.82) is 0 Å². The first-order valence-electron chi connectivity index (χ1n) is 5.15. The summed E-state index contributed by atoms with van der Waals surface area (Å²) >= 11 is 0. The summed E-state index contributed by atoms with van der Waals surface area (Å²) in [6, 6.07) is 0.133. The van der Waals surface area contributed by atoms with Crippen LogP contribution in [0.2, 0.25) is 0 Å². The first-order chi connectivity index (χ1) is 9.11. The number of hydrogen-bond donors (Lipinski definition) is 2. The van der Waals surface area contributed by atoms with Gasteiger partial charge in [-0.3, -0.25) is 9.59 Å². The Morgan fingerprint density at radius 1 is 1.25 bits per heavy atom. The van der Waals surface area contributed by atoms with Gasteiger partial charge in [-0.2, -0.15) is 13.2 Å². The molecule has 0 aromatic heterocycles. The number of aliphatic carboxylic acids is 1. The molecule has 110 valence electrons. The van der Waals surface area contributed by atoms with Gasteiger partial charge in [0.15, 0.2) is 0 Å². The van der Waals surface area contributed by atoms with Crippen LogP contribution in [0.1, 0.15) is 18.0 Å². The van der Waals surface area contributed by atoms with Gasteiger partial charge in [0.05, 0.1) is 12.5 Å². The van der Waals surface area contributed by atoms with E-state index in [0.29, 0.717) is 6.07 Å². The monoisotopic (exact) mass is 297 g/mol. The Morgan fingerprint density at radius 3 is 2.30 bits per heavy atom. The highest BCUT2D eigenvalue weighted by atomic mass is 19.4. The van der Waals surface area contributed by atoms with Gasteiger partial charge in [0.25, 0.3) is 0 Å². The van der Waals surface area contributed by atoms with E-state index < -0.39 is 47.7 Å². The van der Waals surface area contributed by atoms with E-state index in [0.717, 1.165) is 12.1 Å². The van der Waals surface area contributed by atoms with Crippen LogP contribution in [-0.2, 0) is 9.59 Å². The van der Waals surface area contributed by atoms with E-state index in [2.05, 4.69) is 0 Å². The second-order valence-corrected chi connectivity index (χ2v) is 3.79. The van der Waals surface area contributed by atoms with E-state index in [4.69, 9.17) is 5.11 Å². The maximum atomic E-state index is 13.4. The lowest BCUT2D eigenvalue weighted by molar-refractivity contribution is -0.174. The molecule has 1 amide bonds. The lowest BCUT2D eigenvalue weighted by atomic mass is 10.0. The Bertz CT molecular complexity index is 529. The molecule has 20 heavy (non-hydrogen) atoms. The predicted octanol–water partition coefficient (Wildman–Crippen LogP) is 2.16. The van der Waals surface area contributed by atoms with Gasteiger partial charge in [0.1, 0.15) is 11.6 Å². The molecule has 0 unspecified atom stereocenters. The average molecular weight is 297 g/mol. The minimum atomic E-state index is -5.24. The van der Waals surface area contributed by atoms with Crippen LogP contribution in [0.3, 0.4) is 0 Å². The second-order valence-electron chi connectivity index (χ2n) is 3.79. The minimum absolute atomic E-state index is 0.379. The summed E-state index contributed by atoms with van der Waals surface area (Å²) in [5.41, 5.74) is -0.550. The number of carbonyl (C=O) groups is 2. The van der Waals surface area contributed by atoms with Crippen molar-refractivity contribution in [1.82, 2.24) is 5.32 Å². The van der Waals surface area contributed by atoms with Crippen molar-refractivity contribution < 1.29 is 36.6 Å². The van der Waals surface area contributed by atoms with Crippen molar-refractivity contribution in [3.8, 4) is 0 Å². The molecule has 0 aliphatic heterocycles. The van der Waals surface area contributed by atoms with Crippen molar-refractivity contribution in [3.63, 3.8) is 0 Å². The zero-order valence-corrected chi connectivity index (χ0v) is 9.67. The van der Waals surface area contributed by atoms with Crippen LogP contribution in [0.25, 0.3) is 0 Å². The molecule has 1 aromatic carbocycles.